The minimum Gasteiger partial charge on any atom is -0.334 e. The fourth-order valence-electron chi connectivity index (χ4n) is 2.32. The SMILES string of the molecule is CN(C(=O)C1CCCC(=O)N1C)c1ccc(F)c(F)c1. The highest BCUT2D eigenvalue weighted by molar-refractivity contribution is 5.99. The van der Waals surface area contributed by atoms with Crippen LogP contribution in [0.2, 0.25) is 0 Å². The van der Waals surface area contributed by atoms with E-state index in [4.69, 9.17) is 0 Å². The molecule has 0 aromatic heterocycles. The smallest absolute Gasteiger partial charge is 0.249 e. The van der Waals surface area contributed by atoms with Gasteiger partial charge in [0.15, 0.2) is 11.6 Å². The van der Waals surface area contributed by atoms with Crippen molar-refractivity contribution < 1.29 is 18.4 Å². The Hall–Kier alpha value is -1.98. The average Bonchev–Trinajstić information content (AvgIpc) is 2.43. The van der Waals surface area contributed by atoms with E-state index in [-0.39, 0.29) is 17.5 Å². The number of piperidine rings is 1. The summed E-state index contributed by atoms with van der Waals surface area (Å²) in [4.78, 5) is 26.7. The highest BCUT2D eigenvalue weighted by atomic mass is 19.2. The van der Waals surface area contributed by atoms with Gasteiger partial charge in [0.1, 0.15) is 6.04 Å². The Balaban J connectivity index is 2.19. The van der Waals surface area contributed by atoms with Crippen LogP contribution in [-0.4, -0.2) is 36.9 Å². The Morgan fingerprint density at radius 3 is 2.70 bits per heavy atom. The number of rotatable bonds is 2. The number of hydrogen-bond donors (Lipinski definition) is 0. The first-order chi connectivity index (χ1) is 9.41. The standard InChI is InChI=1S/C14H16F2N2O2/c1-17(9-6-7-10(15)11(16)8-9)14(20)12-4-3-5-13(19)18(12)2/h6-8,12H,3-5H2,1-2H3. The molecule has 0 saturated carbocycles. The van der Waals surface area contributed by atoms with Crippen LogP contribution < -0.4 is 4.90 Å². The summed E-state index contributed by atoms with van der Waals surface area (Å²) in [7, 11) is 3.07. The van der Waals surface area contributed by atoms with Crippen molar-refractivity contribution in [1.82, 2.24) is 4.90 Å². The highest BCUT2D eigenvalue weighted by Gasteiger charge is 2.32. The Morgan fingerprint density at radius 1 is 1.35 bits per heavy atom. The predicted octanol–water partition coefficient (Wildman–Crippen LogP) is 1.94. The second kappa shape index (κ2) is 5.56. The maximum atomic E-state index is 13.2. The van der Waals surface area contributed by atoms with Crippen molar-refractivity contribution in [2.75, 3.05) is 19.0 Å². The molecule has 2 rings (SSSR count). The van der Waals surface area contributed by atoms with Crippen molar-refractivity contribution in [2.24, 2.45) is 0 Å². The molecule has 6 heteroatoms. The number of carbonyl (C=O) groups is 2. The number of nitrogens with zero attached hydrogens (tertiary/aromatic N) is 2. The third-order valence-electron chi connectivity index (χ3n) is 3.64. The number of benzene rings is 1. The van der Waals surface area contributed by atoms with Crippen LogP contribution in [-0.2, 0) is 9.59 Å². The normalized spacial score (nSPS) is 19.1. The number of likely N-dealkylation sites (N-methyl/N-ethyl adjacent to an activating group) is 2. The van der Waals surface area contributed by atoms with Gasteiger partial charge in [0.2, 0.25) is 11.8 Å². The van der Waals surface area contributed by atoms with Crippen LogP contribution in [0.5, 0.6) is 0 Å². The van der Waals surface area contributed by atoms with E-state index in [1.165, 1.54) is 22.9 Å². The van der Waals surface area contributed by atoms with E-state index in [1.54, 1.807) is 7.05 Å². The van der Waals surface area contributed by atoms with Crippen LogP contribution in [0.15, 0.2) is 18.2 Å². The molecule has 0 radical (unpaired) electrons. The summed E-state index contributed by atoms with van der Waals surface area (Å²) in [5, 5.41) is 0. The lowest BCUT2D eigenvalue weighted by molar-refractivity contribution is -0.140. The molecule has 2 amide bonds. The van der Waals surface area contributed by atoms with E-state index in [0.717, 1.165) is 12.1 Å². The molecule has 1 aromatic carbocycles. The Morgan fingerprint density at radius 2 is 2.05 bits per heavy atom. The fraction of sp³-hybridized carbons (Fsp3) is 0.429. The summed E-state index contributed by atoms with van der Waals surface area (Å²) in [5.74, 6) is -2.34. The van der Waals surface area contributed by atoms with E-state index in [9.17, 15) is 18.4 Å². The molecule has 1 aliphatic heterocycles. The molecular formula is C14H16F2N2O2. The molecule has 20 heavy (non-hydrogen) atoms. The largest absolute Gasteiger partial charge is 0.334 e. The van der Waals surface area contributed by atoms with Gasteiger partial charge >= 0.3 is 0 Å². The van der Waals surface area contributed by atoms with Crippen molar-refractivity contribution in [3.05, 3.63) is 29.8 Å². The Labute approximate surface area is 116 Å². The molecule has 1 fully saturated rings. The molecule has 108 valence electrons. The molecule has 1 saturated heterocycles. The second-order valence-electron chi connectivity index (χ2n) is 4.91. The molecule has 1 aliphatic rings. The topological polar surface area (TPSA) is 40.6 Å². The van der Waals surface area contributed by atoms with Crippen molar-refractivity contribution >= 4 is 17.5 Å². The van der Waals surface area contributed by atoms with Crippen molar-refractivity contribution in [2.45, 2.75) is 25.3 Å². The van der Waals surface area contributed by atoms with E-state index < -0.39 is 17.7 Å². The molecular weight excluding hydrogens is 266 g/mol. The van der Waals surface area contributed by atoms with E-state index in [0.29, 0.717) is 19.3 Å². The fourth-order valence-corrected chi connectivity index (χ4v) is 2.32. The molecule has 4 nitrogen and oxygen atoms in total. The minimum absolute atomic E-state index is 0.0757. The number of halogens is 2. The summed E-state index contributed by atoms with van der Waals surface area (Å²) in [6.45, 7) is 0. The van der Waals surface area contributed by atoms with Crippen molar-refractivity contribution in [1.29, 1.82) is 0 Å². The van der Waals surface area contributed by atoms with Crippen LogP contribution in [0, 0.1) is 11.6 Å². The summed E-state index contributed by atoms with van der Waals surface area (Å²) in [6, 6.07) is 2.73. The minimum atomic E-state index is -1.00. The number of amides is 2. The molecule has 0 N–H and O–H groups in total. The number of carbonyl (C=O) groups excluding carboxylic acids is 2. The first kappa shape index (κ1) is 14.4. The zero-order valence-electron chi connectivity index (χ0n) is 11.4. The van der Waals surface area contributed by atoms with Crippen molar-refractivity contribution in [3.63, 3.8) is 0 Å². The summed E-state index contributed by atoms with van der Waals surface area (Å²) in [5.41, 5.74) is 0.264. The monoisotopic (exact) mass is 282 g/mol. The lowest BCUT2D eigenvalue weighted by Crippen LogP contribution is -2.50. The molecule has 1 atom stereocenters. The van der Waals surface area contributed by atoms with Crippen LogP contribution in [0.3, 0.4) is 0 Å². The van der Waals surface area contributed by atoms with Gasteiger partial charge in [-0.05, 0) is 25.0 Å². The van der Waals surface area contributed by atoms with Gasteiger partial charge in [0.05, 0.1) is 0 Å². The number of hydrogen-bond acceptors (Lipinski definition) is 2. The number of anilines is 1. The summed E-state index contributed by atoms with van der Waals surface area (Å²) in [6.07, 6.45) is 1.68. The Kier molecular flexibility index (Phi) is 4.01. The van der Waals surface area contributed by atoms with Gasteiger partial charge in [0.25, 0.3) is 0 Å². The highest BCUT2D eigenvalue weighted by Crippen LogP contribution is 2.22. The second-order valence-corrected chi connectivity index (χ2v) is 4.91. The van der Waals surface area contributed by atoms with Crippen LogP contribution >= 0.6 is 0 Å². The van der Waals surface area contributed by atoms with Gasteiger partial charge in [-0.15, -0.1) is 0 Å². The van der Waals surface area contributed by atoms with Gasteiger partial charge in [-0.3, -0.25) is 9.59 Å². The Bertz CT molecular complexity index is 548. The molecule has 0 aliphatic carbocycles. The van der Waals surface area contributed by atoms with E-state index in [2.05, 4.69) is 0 Å². The first-order valence-electron chi connectivity index (χ1n) is 6.40. The quantitative estimate of drug-likeness (QED) is 0.831. The molecule has 1 aromatic rings. The molecule has 0 spiro atoms. The lowest BCUT2D eigenvalue weighted by atomic mass is 10.0. The maximum absolute atomic E-state index is 13.2. The van der Waals surface area contributed by atoms with Gasteiger partial charge in [0, 0.05) is 32.3 Å². The third-order valence-corrected chi connectivity index (χ3v) is 3.64. The third kappa shape index (κ3) is 2.64. The van der Waals surface area contributed by atoms with Gasteiger partial charge in [-0.2, -0.15) is 0 Å². The zero-order chi connectivity index (χ0) is 14.9. The van der Waals surface area contributed by atoms with Crippen LogP contribution in [0.4, 0.5) is 14.5 Å². The molecule has 1 unspecified atom stereocenters. The van der Waals surface area contributed by atoms with E-state index in [1.807, 2.05) is 0 Å². The first-order valence-corrected chi connectivity index (χ1v) is 6.40. The van der Waals surface area contributed by atoms with E-state index >= 15 is 0 Å². The molecule has 1 heterocycles. The van der Waals surface area contributed by atoms with Gasteiger partial charge in [-0.25, -0.2) is 8.78 Å². The van der Waals surface area contributed by atoms with Crippen molar-refractivity contribution in [3.8, 4) is 0 Å². The zero-order valence-corrected chi connectivity index (χ0v) is 11.4. The predicted molar refractivity (Wildman–Crippen MR) is 70.2 cm³/mol. The lowest BCUT2D eigenvalue weighted by Gasteiger charge is -2.34. The van der Waals surface area contributed by atoms with Gasteiger partial charge in [-0.1, -0.05) is 0 Å². The number of likely N-dealkylation sites (tertiary alicyclic amines) is 1. The maximum Gasteiger partial charge on any atom is 0.249 e. The average molecular weight is 282 g/mol. The summed E-state index contributed by atoms with van der Waals surface area (Å²) >= 11 is 0. The molecule has 0 bridgehead atoms. The van der Waals surface area contributed by atoms with Gasteiger partial charge < -0.3 is 9.80 Å². The summed E-state index contributed by atoms with van der Waals surface area (Å²) < 4.78 is 26.1. The van der Waals surface area contributed by atoms with Crippen LogP contribution in [0.1, 0.15) is 19.3 Å². The van der Waals surface area contributed by atoms with Crippen LogP contribution in [0.25, 0.3) is 0 Å².